The first-order valence-corrected chi connectivity index (χ1v) is 8.82. The van der Waals surface area contributed by atoms with E-state index in [2.05, 4.69) is 5.32 Å². The van der Waals surface area contributed by atoms with Crippen molar-refractivity contribution >= 4 is 12.3 Å². The van der Waals surface area contributed by atoms with Crippen LogP contribution in [-0.2, 0) is 19.1 Å². The molecule has 0 aliphatic heterocycles. The summed E-state index contributed by atoms with van der Waals surface area (Å²) >= 11 is 0. The minimum Gasteiger partial charge on any atom is -0.529 e. The van der Waals surface area contributed by atoms with Crippen LogP contribution in [0.2, 0.25) is 0 Å². The average molecular weight is 584 g/mol. The standard InChI is InChI=1S/C17H31N2O4.Fm/c1-3-22-17(23-4-2)13-19(16(21)10-11-18-14-20)12-15-8-6-5-7-9-15;/h15,17H,3-13H2,1-2H3,(H,18,20);/q-1;. The number of carbonyl (C=O) groups is 1. The van der Waals surface area contributed by atoms with Crippen molar-refractivity contribution in [3.05, 3.63) is 0 Å². The van der Waals surface area contributed by atoms with Crippen molar-refractivity contribution in [1.29, 1.82) is 0 Å². The molecule has 1 N–H and O–H groups in total. The molecule has 1 aliphatic rings. The Balaban J connectivity index is 0.00000529. The number of nitrogens with one attached hydrogen (secondary N) is 1. The number of nitrogens with zero attached hydrogens (tertiary/aromatic N) is 1. The second-order valence-electron chi connectivity index (χ2n) is 5.92. The van der Waals surface area contributed by atoms with Crippen molar-refractivity contribution in [2.45, 2.75) is 58.7 Å². The monoisotopic (exact) mass is 584 g/mol. The van der Waals surface area contributed by atoms with Gasteiger partial charge in [-0.15, -0.1) is 0 Å². The quantitative estimate of drug-likeness (QED) is 0.165. The molecule has 146 valence electrons. The van der Waals surface area contributed by atoms with Gasteiger partial charge >= 0.3 is 0 Å². The van der Waals surface area contributed by atoms with Crippen LogP contribution < -0.4 is 5.32 Å². The van der Waals surface area contributed by atoms with Gasteiger partial charge in [0.25, 0.3) is 0 Å². The summed E-state index contributed by atoms with van der Waals surface area (Å²) in [6.45, 7) is 6.46. The van der Waals surface area contributed by atoms with E-state index in [9.17, 15) is 9.59 Å². The minimum absolute atomic E-state index is 0. The van der Waals surface area contributed by atoms with Gasteiger partial charge in [0.05, 0.1) is 6.54 Å². The molecule has 0 aromatic carbocycles. The number of rotatable bonds is 12. The van der Waals surface area contributed by atoms with Crippen molar-refractivity contribution in [1.82, 2.24) is 10.2 Å². The zero-order chi connectivity index (χ0) is 16.9. The summed E-state index contributed by atoms with van der Waals surface area (Å²) in [7, 11) is 0. The zero-order valence-corrected chi connectivity index (χ0v) is 17.2. The molecule has 0 spiro atoms. The Morgan fingerprint density at radius 2 is 1.83 bits per heavy atom. The first-order chi connectivity index (χ1) is 11.2. The molecular weight excluding hydrogens is 553 g/mol. The molecule has 1 aliphatic carbocycles. The van der Waals surface area contributed by atoms with Crippen molar-refractivity contribution in [2.24, 2.45) is 5.92 Å². The summed E-state index contributed by atoms with van der Waals surface area (Å²) in [5.74, 6) is 0.588. The van der Waals surface area contributed by atoms with E-state index in [4.69, 9.17) is 9.47 Å². The van der Waals surface area contributed by atoms with Gasteiger partial charge in [0.2, 0.25) is 5.91 Å². The van der Waals surface area contributed by atoms with Crippen LogP contribution in [0, 0.1) is 5.92 Å². The van der Waals surface area contributed by atoms with E-state index in [1.54, 1.807) is 6.41 Å². The molecule has 0 heterocycles. The molecule has 1 saturated carbocycles. The Morgan fingerprint density at radius 1 is 1.21 bits per heavy atom. The average Bonchev–Trinajstić information content (AvgIpc) is 2.56. The van der Waals surface area contributed by atoms with Crippen LogP contribution in [0.15, 0.2) is 0 Å². The van der Waals surface area contributed by atoms with E-state index in [0.29, 0.717) is 32.2 Å². The molecule has 24 heavy (non-hydrogen) atoms. The maximum absolute atomic E-state index is 12.5. The predicted octanol–water partition coefficient (Wildman–Crippen LogP) is 1.84. The third-order valence-corrected chi connectivity index (χ3v) is 4.17. The largest absolute Gasteiger partial charge is 0.529 e. The minimum atomic E-state index is -0.386. The molecule has 0 atom stereocenters. The van der Waals surface area contributed by atoms with Crippen LogP contribution >= 0.6 is 0 Å². The SMILES string of the molecule is CCOC(CN(CC1CCCCC1)C(=O)CCN[C-]=O)OCC.[Fm]. The number of ether oxygens (including phenoxy) is 2. The van der Waals surface area contributed by atoms with Gasteiger partial charge in [0.15, 0.2) is 6.29 Å². The maximum Gasteiger partial charge on any atom is 0.224 e. The van der Waals surface area contributed by atoms with Gasteiger partial charge in [-0.25, -0.2) is 0 Å². The zero-order valence-electron chi connectivity index (χ0n) is 14.8. The van der Waals surface area contributed by atoms with E-state index in [-0.39, 0.29) is 18.6 Å². The molecule has 1 rings (SSSR count). The summed E-state index contributed by atoms with van der Waals surface area (Å²) in [5.41, 5.74) is 0. The van der Waals surface area contributed by atoms with Crippen LogP contribution in [0.25, 0.3) is 0 Å². The smallest absolute Gasteiger partial charge is 0.224 e. The van der Waals surface area contributed by atoms with Gasteiger partial charge in [0, 0.05) is 26.2 Å². The normalized spacial score (nSPS) is 15.0. The molecular formula is C17H31FmN2O4-. The molecule has 0 unspecified atom stereocenters. The van der Waals surface area contributed by atoms with Crippen molar-refractivity contribution in [2.75, 3.05) is 32.8 Å². The van der Waals surface area contributed by atoms with Crippen LogP contribution in [0.3, 0.4) is 0 Å². The number of carbonyl (C=O) groups excluding carboxylic acids is 2. The Hall–Kier alpha value is -2.14. The van der Waals surface area contributed by atoms with Crippen LogP contribution in [0.5, 0.6) is 0 Å². The summed E-state index contributed by atoms with van der Waals surface area (Å²) in [6.07, 6.45) is 7.65. The molecule has 0 radical (unpaired) electrons. The van der Waals surface area contributed by atoms with Gasteiger partial charge in [-0.2, -0.15) is 6.41 Å². The fourth-order valence-electron chi connectivity index (χ4n) is 3.04. The fourth-order valence-corrected chi connectivity index (χ4v) is 3.04. The summed E-state index contributed by atoms with van der Waals surface area (Å²) in [5, 5.41) is 2.43. The molecule has 0 aromatic heterocycles. The Labute approximate surface area is 139 Å². The second-order valence-corrected chi connectivity index (χ2v) is 5.92. The van der Waals surface area contributed by atoms with E-state index in [1.807, 2.05) is 18.7 Å². The van der Waals surface area contributed by atoms with Gasteiger partial charge < -0.3 is 24.5 Å². The van der Waals surface area contributed by atoms with E-state index >= 15 is 0 Å². The number of hydrogen-bond acceptors (Lipinski definition) is 4. The van der Waals surface area contributed by atoms with Crippen molar-refractivity contribution in [3.8, 4) is 0 Å². The van der Waals surface area contributed by atoms with Crippen LogP contribution in [-0.4, -0.2) is 56.4 Å². The first-order valence-electron chi connectivity index (χ1n) is 8.82. The Morgan fingerprint density at radius 3 is 2.38 bits per heavy atom. The van der Waals surface area contributed by atoms with E-state index < -0.39 is 0 Å². The molecule has 0 bridgehead atoms. The molecule has 0 saturated heterocycles. The Bertz CT molecular complexity index is 333. The third-order valence-electron chi connectivity index (χ3n) is 4.17. The predicted molar refractivity (Wildman–Crippen MR) is 88.5 cm³/mol. The third kappa shape index (κ3) is 8.48. The number of amides is 2. The van der Waals surface area contributed by atoms with Crippen molar-refractivity contribution in [3.63, 3.8) is 0 Å². The molecule has 7 heteroatoms. The first kappa shape index (κ1) is 21.9. The molecule has 1 fully saturated rings. The second kappa shape index (κ2) is 13.3. The van der Waals surface area contributed by atoms with Gasteiger partial charge in [0.1, 0.15) is 0 Å². The van der Waals surface area contributed by atoms with Gasteiger partial charge in [-0.1, -0.05) is 19.3 Å². The van der Waals surface area contributed by atoms with Gasteiger partial charge in [-0.3, -0.25) is 4.79 Å². The van der Waals surface area contributed by atoms with Crippen molar-refractivity contribution < 1.29 is 19.1 Å². The van der Waals surface area contributed by atoms with Crippen LogP contribution in [0.4, 0.5) is 0 Å². The number of hydrogen-bond donors (Lipinski definition) is 1. The Kier molecular flexibility index (Phi) is 12.1. The van der Waals surface area contributed by atoms with E-state index in [1.165, 1.54) is 32.1 Å². The van der Waals surface area contributed by atoms with Gasteiger partial charge in [-0.05, 0) is 39.2 Å². The van der Waals surface area contributed by atoms with E-state index in [0.717, 1.165) is 6.54 Å². The summed E-state index contributed by atoms with van der Waals surface area (Å²) < 4.78 is 11.2. The summed E-state index contributed by atoms with van der Waals surface area (Å²) in [6, 6.07) is 0. The fraction of sp³-hybridized carbons (Fsp3) is 0.882. The molecule has 6 nitrogen and oxygen atoms in total. The topological polar surface area (TPSA) is 67.9 Å². The molecule has 2 amide bonds. The summed E-state index contributed by atoms with van der Waals surface area (Å²) in [4.78, 5) is 24.5. The maximum atomic E-state index is 12.5. The van der Waals surface area contributed by atoms with Crippen LogP contribution in [0.1, 0.15) is 52.4 Å². The molecule has 0 aromatic rings.